The molecule has 0 saturated carbocycles. The molecule has 1 heterocycles. The van der Waals surface area contributed by atoms with E-state index in [9.17, 15) is 9.90 Å². The van der Waals surface area contributed by atoms with Crippen molar-refractivity contribution in [3.8, 4) is 11.5 Å². The van der Waals surface area contributed by atoms with Crippen LogP contribution in [0.25, 0.3) is 0 Å². The lowest BCUT2D eigenvalue weighted by molar-refractivity contribution is 0.0743. The van der Waals surface area contributed by atoms with Gasteiger partial charge in [0.05, 0.1) is 17.1 Å². The number of amides is 1. The van der Waals surface area contributed by atoms with Crippen LogP contribution >= 0.6 is 31.9 Å². The van der Waals surface area contributed by atoms with Crippen LogP contribution in [0.4, 0.5) is 5.69 Å². The van der Waals surface area contributed by atoms with Crippen LogP contribution in [0.5, 0.6) is 11.5 Å². The first kappa shape index (κ1) is 18.1. The minimum Gasteiger partial charge on any atom is -0.506 e. The molecule has 7 heteroatoms. The zero-order valence-electron chi connectivity index (χ0n) is 13.7. The highest BCUT2D eigenvalue weighted by molar-refractivity contribution is 9.11. The number of rotatable bonds is 3. The van der Waals surface area contributed by atoms with Crippen molar-refractivity contribution in [2.24, 2.45) is 0 Å². The summed E-state index contributed by atoms with van der Waals surface area (Å²) < 4.78 is 6.52. The Morgan fingerprint density at radius 3 is 2.52 bits per heavy atom. The van der Waals surface area contributed by atoms with Crippen molar-refractivity contribution in [3.63, 3.8) is 0 Å². The number of phenolic OH excluding ortho intramolecular Hbond substituents is 1. The second kappa shape index (κ2) is 7.66. The molecule has 2 aromatic carbocycles. The van der Waals surface area contributed by atoms with E-state index in [2.05, 4.69) is 36.8 Å². The summed E-state index contributed by atoms with van der Waals surface area (Å²) in [6.45, 7) is 2.66. The third kappa shape index (κ3) is 3.93. The van der Waals surface area contributed by atoms with Crippen LogP contribution in [0.15, 0.2) is 45.3 Å². The van der Waals surface area contributed by atoms with Crippen LogP contribution in [-0.4, -0.2) is 49.2 Å². The summed E-state index contributed by atoms with van der Waals surface area (Å²) in [6, 6.07) is 11.3. The fraction of sp³-hybridized carbons (Fsp3) is 0.278. The summed E-state index contributed by atoms with van der Waals surface area (Å²) in [4.78, 5) is 16.7. The quantitative estimate of drug-likeness (QED) is 0.740. The standard InChI is InChI=1S/C18H18Br2N2O3/c1-25-14-4-2-3-13(11-14)21-5-7-22(8-6-21)18(24)15-9-12(19)10-16(20)17(15)23/h2-4,9-11,23H,5-8H2,1H3. The number of halogens is 2. The largest absolute Gasteiger partial charge is 0.506 e. The molecule has 0 aromatic heterocycles. The topological polar surface area (TPSA) is 53.0 Å². The Kier molecular flexibility index (Phi) is 5.54. The number of hydrogen-bond donors (Lipinski definition) is 1. The second-order valence-corrected chi connectivity index (χ2v) is 7.53. The van der Waals surface area contributed by atoms with Gasteiger partial charge in [-0.15, -0.1) is 0 Å². The van der Waals surface area contributed by atoms with Crippen molar-refractivity contribution in [2.45, 2.75) is 0 Å². The first-order chi connectivity index (χ1) is 12.0. The molecule has 25 heavy (non-hydrogen) atoms. The third-order valence-corrected chi connectivity index (χ3v) is 5.31. The maximum absolute atomic E-state index is 12.8. The van der Waals surface area contributed by atoms with Crippen LogP contribution < -0.4 is 9.64 Å². The number of hydrogen-bond acceptors (Lipinski definition) is 4. The van der Waals surface area contributed by atoms with Gasteiger partial charge in [0, 0.05) is 42.4 Å². The normalized spacial score (nSPS) is 14.5. The van der Waals surface area contributed by atoms with Gasteiger partial charge in [-0.3, -0.25) is 4.79 Å². The fourth-order valence-electron chi connectivity index (χ4n) is 2.87. The summed E-state index contributed by atoms with van der Waals surface area (Å²) in [5.74, 6) is 0.633. The monoisotopic (exact) mass is 468 g/mol. The molecule has 1 saturated heterocycles. The molecule has 5 nitrogen and oxygen atoms in total. The fourth-order valence-corrected chi connectivity index (χ4v) is 4.10. The van der Waals surface area contributed by atoms with Gasteiger partial charge in [-0.1, -0.05) is 22.0 Å². The molecule has 1 fully saturated rings. The lowest BCUT2D eigenvalue weighted by Crippen LogP contribution is -2.48. The molecule has 132 valence electrons. The van der Waals surface area contributed by atoms with E-state index in [0.29, 0.717) is 23.1 Å². The highest BCUT2D eigenvalue weighted by Crippen LogP contribution is 2.32. The summed E-state index contributed by atoms with van der Waals surface area (Å²) in [5.41, 5.74) is 1.38. The Balaban J connectivity index is 1.71. The minimum absolute atomic E-state index is 0.0246. The number of nitrogens with zero attached hydrogens (tertiary/aromatic N) is 2. The van der Waals surface area contributed by atoms with E-state index >= 15 is 0 Å². The number of anilines is 1. The van der Waals surface area contributed by atoms with E-state index in [4.69, 9.17) is 4.74 Å². The number of benzene rings is 2. The highest BCUT2D eigenvalue weighted by atomic mass is 79.9. The maximum Gasteiger partial charge on any atom is 0.257 e. The maximum atomic E-state index is 12.8. The Morgan fingerprint density at radius 1 is 1.12 bits per heavy atom. The minimum atomic E-state index is -0.162. The molecule has 1 aliphatic rings. The molecular formula is C18H18Br2N2O3. The average Bonchev–Trinajstić information content (AvgIpc) is 2.64. The first-order valence-corrected chi connectivity index (χ1v) is 9.44. The average molecular weight is 470 g/mol. The molecule has 1 N–H and O–H groups in total. The zero-order chi connectivity index (χ0) is 18.0. The number of ether oxygens (including phenoxy) is 1. The third-order valence-electron chi connectivity index (χ3n) is 4.24. The van der Waals surface area contributed by atoms with E-state index in [1.165, 1.54) is 0 Å². The SMILES string of the molecule is COc1cccc(N2CCN(C(=O)c3cc(Br)cc(Br)c3O)CC2)c1. The number of aromatic hydroxyl groups is 1. The molecule has 0 unspecified atom stereocenters. The van der Waals surface area contributed by atoms with Gasteiger partial charge in [-0.25, -0.2) is 0 Å². The van der Waals surface area contributed by atoms with E-state index in [-0.39, 0.29) is 11.7 Å². The molecule has 0 spiro atoms. The van der Waals surface area contributed by atoms with E-state index in [0.717, 1.165) is 29.0 Å². The van der Waals surface area contributed by atoms with E-state index in [1.807, 2.05) is 24.3 Å². The van der Waals surface area contributed by atoms with Crippen molar-refractivity contribution >= 4 is 43.5 Å². The summed E-state index contributed by atoms with van der Waals surface area (Å²) in [7, 11) is 1.65. The van der Waals surface area contributed by atoms with Crippen molar-refractivity contribution in [2.75, 3.05) is 38.2 Å². The number of carbonyl (C=O) groups excluding carboxylic acids is 1. The zero-order valence-corrected chi connectivity index (χ0v) is 16.9. The van der Waals surface area contributed by atoms with Crippen molar-refractivity contribution in [1.29, 1.82) is 0 Å². The molecule has 2 aromatic rings. The molecule has 1 amide bonds. The summed E-state index contributed by atoms with van der Waals surface area (Å²) in [5, 5.41) is 10.2. The van der Waals surface area contributed by atoms with Crippen LogP contribution in [-0.2, 0) is 0 Å². The predicted octanol–water partition coefficient (Wildman–Crippen LogP) is 3.89. The van der Waals surface area contributed by atoms with Crippen LogP contribution in [0, 0.1) is 0 Å². The Hall–Kier alpha value is -1.73. The lowest BCUT2D eigenvalue weighted by atomic mass is 10.1. The number of carbonyl (C=O) groups is 1. The van der Waals surface area contributed by atoms with Crippen LogP contribution in [0.1, 0.15) is 10.4 Å². The predicted molar refractivity (Wildman–Crippen MR) is 105 cm³/mol. The number of phenols is 1. The first-order valence-electron chi connectivity index (χ1n) is 7.86. The van der Waals surface area contributed by atoms with Gasteiger partial charge in [0.15, 0.2) is 0 Å². The molecule has 0 radical (unpaired) electrons. The van der Waals surface area contributed by atoms with E-state index < -0.39 is 0 Å². The summed E-state index contributed by atoms with van der Waals surface area (Å²) in [6.07, 6.45) is 0. The number of methoxy groups -OCH3 is 1. The van der Waals surface area contributed by atoms with E-state index in [1.54, 1.807) is 24.1 Å². The Morgan fingerprint density at radius 2 is 1.84 bits per heavy atom. The molecule has 0 aliphatic carbocycles. The van der Waals surface area contributed by atoms with Crippen LogP contribution in [0.3, 0.4) is 0 Å². The molecular weight excluding hydrogens is 452 g/mol. The van der Waals surface area contributed by atoms with Gasteiger partial charge < -0.3 is 19.6 Å². The van der Waals surface area contributed by atoms with Gasteiger partial charge in [0.25, 0.3) is 5.91 Å². The number of piperazine rings is 1. The Labute approximate surface area is 163 Å². The molecule has 0 atom stereocenters. The van der Waals surface area contributed by atoms with Crippen molar-refractivity contribution < 1.29 is 14.6 Å². The molecule has 1 aliphatic heterocycles. The molecule has 0 bridgehead atoms. The van der Waals surface area contributed by atoms with Crippen molar-refractivity contribution in [3.05, 3.63) is 50.9 Å². The van der Waals surface area contributed by atoms with Gasteiger partial charge in [0.1, 0.15) is 11.5 Å². The lowest BCUT2D eigenvalue weighted by Gasteiger charge is -2.36. The highest BCUT2D eigenvalue weighted by Gasteiger charge is 2.25. The second-order valence-electron chi connectivity index (χ2n) is 5.76. The van der Waals surface area contributed by atoms with Gasteiger partial charge >= 0.3 is 0 Å². The van der Waals surface area contributed by atoms with Gasteiger partial charge in [-0.05, 0) is 40.2 Å². The van der Waals surface area contributed by atoms with Crippen molar-refractivity contribution in [1.82, 2.24) is 4.90 Å². The summed E-state index contributed by atoms with van der Waals surface area (Å²) >= 11 is 6.63. The smallest absolute Gasteiger partial charge is 0.257 e. The molecule has 3 rings (SSSR count). The van der Waals surface area contributed by atoms with Crippen LogP contribution in [0.2, 0.25) is 0 Å². The van der Waals surface area contributed by atoms with Gasteiger partial charge in [0.2, 0.25) is 0 Å². The van der Waals surface area contributed by atoms with Gasteiger partial charge in [-0.2, -0.15) is 0 Å². The Bertz CT molecular complexity index is 790.